The molecule has 0 amide bonds. The highest BCUT2D eigenvalue weighted by atomic mass is 15.1. The lowest BCUT2D eigenvalue weighted by atomic mass is 9.97. The molecule has 0 spiro atoms. The molecule has 2 aromatic heterocycles. The Hall–Kier alpha value is -2.59. The minimum atomic E-state index is 0.614. The van der Waals surface area contributed by atoms with Crippen molar-refractivity contribution in [2.24, 2.45) is 0 Å². The Morgan fingerprint density at radius 3 is 3.08 bits per heavy atom. The monoisotopic (exact) mass is 316 g/mol. The zero-order valence-electron chi connectivity index (χ0n) is 13.5. The first-order valence-electron chi connectivity index (χ1n) is 8.57. The SMILES string of the molecule is c1ccc2c(CN3CC[C@@H](c4ccc5cn[nH]c5c4)C3)c[nH]c2c1. The van der Waals surface area contributed by atoms with E-state index in [1.54, 1.807) is 0 Å². The van der Waals surface area contributed by atoms with Crippen LogP contribution >= 0.6 is 0 Å². The summed E-state index contributed by atoms with van der Waals surface area (Å²) in [4.78, 5) is 5.95. The minimum absolute atomic E-state index is 0.614. The molecular weight excluding hydrogens is 296 g/mol. The van der Waals surface area contributed by atoms with Gasteiger partial charge in [-0.3, -0.25) is 10.00 Å². The van der Waals surface area contributed by atoms with Gasteiger partial charge in [-0.2, -0.15) is 5.10 Å². The van der Waals surface area contributed by atoms with Crippen LogP contribution in [0.15, 0.2) is 54.9 Å². The Bertz CT molecular complexity index is 997. The highest BCUT2D eigenvalue weighted by Gasteiger charge is 2.24. The van der Waals surface area contributed by atoms with Crippen molar-refractivity contribution >= 4 is 21.8 Å². The number of nitrogens with one attached hydrogen (secondary N) is 2. The third kappa shape index (κ3) is 2.31. The van der Waals surface area contributed by atoms with Crippen LogP contribution in [-0.2, 0) is 6.54 Å². The molecule has 2 N–H and O–H groups in total. The van der Waals surface area contributed by atoms with Gasteiger partial charge in [0, 0.05) is 35.6 Å². The maximum absolute atomic E-state index is 4.12. The van der Waals surface area contributed by atoms with Gasteiger partial charge in [-0.05, 0) is 42.1 Å². The van der Waals surface area contributed by atoms with Gasteiger partial charge in [0.25, 0.3) is 0 Å². The predicted octanol–water partition coefficient (Wildman–Crippen LogP) is 4.03. The average Bonchev–Trinajstić information content (AvgIpc) is 3.34. The third-order valence-corrected chi connectivity index (χ3v) is 5.28. The Kier molecular flexibility index (Phi) is 3.16. The van der Waals surface area contributed by atoms with E-state index >= 15 is 0 Å². The van der Waals surface area contributed by atoms with E-state index in [1.165, 1.54) is 33.8 Å². The molecule has 120 valence electrons. The van der Waals surface area contributed by atoms with Crippen LogP contribution in [0, 0.1) is 0 Å². The van der Waals surface area contributed by atoms with E-state index in [0.717, 1.165) is 25.2 Å². The predicted molar refractivity (Wildman–Crippen MR) is 97.0 cm³/mol. The fraction of sp³-hybridized carbons (Fsp3) is 0.250. The van der Waals surface area contributed by atoms with Gasteiger partial charge in [0.1, 0.15) is 0 Å². The Morgan fingerprint density at radius 1 is 1.12 bits per heavy atom. The molecule has 4 heteroatoms. The molecule has 1 atom stereocenters. The number of aromatic amines is 2. The molecule has 2 aromatic carbocycles. The molecule has 0 saturated carbocycles. The highest BCUT2D eigenvalue weighted by Crippen LogP contribution is 2.30. The van der Waals surface area contributed by atoms with Gasteiger partial charge in [0.15, 0.2) is 0 Å². The van der Waals surface area contributed by atoms with Crippen molar-refractivity contribution < 1.29 is 0 Å². The Morgan fingerprint density at radius 2 is 2.08 bits per heavy atom. The fourth-order valence-electron chi connectivity index (χ4n) is 3.96. The van der Waals surface area contributed by atoms with Crippen molar-refractivity contribution in [2.75, 3.05) is 13.1 Å². The molecule has 1 saturated heterocycles. The molecular formula is C20H20N4. The van der Waals surface area contributed by atoms with Crippen LogP contribution in [0.25, 0.3) is 21.8 Å². The van der Waals surface area contributed by atoms with E-state index in [1.807, 2.05) is 6.20 Å². The second kappa shape index (κ2) is 5.49. The number of fused-ring (bicyclic) bond motifs is 2. The molecule has 1 aliphatic rings. The second-order valence-corrected chi connectivity index (χ2v) is 6.80. The van der Waals surface area contributed by atoms with Crippen LogP contribution in [0.5, 0.6) is 0 Å². The molecule has 0 aliphatic carbocycles. The number of H-pyrrole nitrogens is 2. The maximum atomic E-state index is 4.12. The van der Waals surface area contributed by atoms with E-state index in [-0.39, 0.29) is 0 Å². The molecule has 5 rings (SSSR count). The van der Waals surface area contributed by atoms with Crippen molar-refractivity contribution in [3.05, 3.63) is 66.0 Å². The fourth-order valence-corrected chi connectivity index (χ4v) is 3.96. The Balaban J connectivity index is 1.35. The van der Waals surface area contributed by atoms with Crippen molar-refractivity contribution in [2.45, 2.75) is 18.9 Å². The van der Waals surface area contributed by atoms with Crippen LogP contribution in [0.2, 0.25) is 0 Å². The first-order valence-corrected chi connectivity index (χ1v) is 8.57. The summed E-state index contributed by atoms with van der Waals surface area (Å²) in [5.41, 5.74) is 5.19. The largest absolute Gasteiger partial charge is 0.361 e. The Labute approximate surface area is 140 Å². The first kappa shape index (κ1) is 13.8. The lowest BCUT2D eigenvalue weighted by Crippen LogP contribution is -2.19. The number of likely N-dealkylation sites (tertiary alicyclic amines) is 1. The molecule has 3 heterocycles. The van der Waals surface area contributed by atoms with Crippen molar-refractivity contribution in [1.29, 1.82) is 0 Å². The van der Waals surface area contributed by atoms with Gasteiger partial charge in [0.05, 0.1) is 11.7 Å². The third-order valence-electron chi connectivity index (χ3n) is 5.28. The van der Waals surface area contributed by atoms with Crippen LogP contribution in [0.3, 0.4) is 0 Å². The number of para-hydroxylation sites is 1. The van der Waals surface area contributed by atoms with E-state index in [2.05, 4.69) is 68.7 Å². The second-order valence-electron chi connectivity index (χ2n) is 6.80. The summed E-state index contributed by atoms with van der Waals surface area (Å²) in [6.45, 7) is 3.30. The number of hydrogen-bond donors (Lipinski definition) is 2. The quantitative estimate of drug-likeness (QED) is 0.599. The molecule has 4 aromatic rings. The van der Waals surface area contributed by atoms with E-state index in [4.69, 9.17) is 0 Å². The van der Waals surface area contributed by atoms with Gasteiger partial charge < -0.3 is 4.98 Å². The zero-order chi connectivity index (χ0) is 15.9. The van der Waals surface area contributed by atoms with Gasteiger partial charge >= 0.3 is 0 Å². The van der Waals surface area contributed by atoms with E-state index < -0.39 is 0 Å². The summed E-state index contributed by atoms with van der Waals surface area (Å²) in [7, 11) is 0. The van der Waals surface area contributed by atoms with Gasteiger partial charge in [-0.25, -0.2) is 0 Å². The number of aromatic nitrogens is 3. The van der Waals surface area contributed by atoms with Crippen LogP contribution in [-0.4, -0.2) is 33.2 Å². The lowest BCUT2D eigenvalue weighted by molar-refractivity contribution is 0.328. The zero-order valence-corrected chi connectivity index (χ0v) is 13.5. The summed E-state index contributed by atoms with van der Waals surface area (Å²) >= 11 is 0. The molecule has 24 heavy (non-hydrogen) atoms. The van der Waals surface area contributed by atoms with E-state index in [9.17, 15) is 0 Å². The molecule has 4 nitrogen and oxygen atoms in total. The highest BCUT2D eigenvalue weighted by molar-refractivity contribution is 5.83. The van der Waals surface area contributed by atoms with E-state index in [0.29, 0.717) is 5.92 Å². The van der Waals surface area contributed by atoms with Gasteiger partial charge in [0.2, 0.25) is 0 Å². The number of benzene rings is 2. The molecule has 1 fully saturated rings. The topological polar surface area (TPSA) is 47.7 Å². The van der Waals surface area contributed by atoms with Crippen molar-refractivity contribution in [3.8, 4) is 0 Å². The minimum Gasteiger partial charge on any atom is -0.361 e. The summed E-state index contributed by atoms with van der Waals surface area (Å²) < 4.78 is 0. The first-order chi connectivity index (χ1) is 11.9. The lowest BCUT2D eigenvalue weighted by Gasteiger charge is -2.16. The molecule has 0 radical (unpaired) electrons. The van der Waals surface area contributed by atoms with Crippen molar-refractivity contribution in [1.82, 2.24) is 20.1 Å². The van der Waals surface area contributed by atoms with Crippen LogP contribution in [0.1, 0.15) is 23.5 Å². The van der Waals surface area contributed by atoms with Crippen molar-refractivity contribution in [3.63, 3.8) is 0 Å². The normalized spacial score (nSPS) is 18.8. The van der Waals surface area contributed by atoms with Gasteiger partial charge in [-0.15, -0.1) is 0 Å². The summed E-state index contributed by atoms with van der Waals surface area (Å²) in [5.74, 6) is 0.614. The smallest absolute Gasteiger partial charge is 0.0653 e. The molecule has 0 bridgehead atoms. The summed E-state index contributed by atoms with van der Waals surface area (Å²) in [6, 6.07) is 15.3. The average molecular weight is 316 g/mol. The summed E-state index contributed by atoms with van der Waals surface area (Å²) in [6.07, 6.45) is 5.27. The maximum Gasteiger partial charge on any atom is 0.0653 e. The molecule has 1 aliphatic heterocycles. The number of rotatable bonds is 3. The standard InChI is InChI=1S/C20H20N4/c1-2-4-19-18(3-1)17(10-21-19)13-24-8-7-16(12-24)14-5-6-15-11-22-23-20(15)9-14/h1-6,9-11,16,21H,7-8,12-13H2,(H,22,23)/t16-/m1/s1. The van der Waals surface area contributed by atoms with Gasteiger partial charge in [-0.1, -0.05) is 30.3 Å². The summed E-state index contributed by atoms with van der Waals surface area (Å²) in [5, 5.41) is 9.74. The number of nitrogens with zero attached hydrogens (tertiary/aromatic N) is 2. The molecule has 0 unspecified atom stereocenters. The number of hydrogen-bond acceptors (Lipinski definition) is 2. The van der Waals surface area contributed by atoms with Crippen LogP contribution in [0.4, 0.5) is 0 Å². The van der Waals surface area contributed by atoms with Crippen LogP contribution < -0.4 is 0 Å².